The summed E-state index contributed by atoms with van der Waals surface area (Å²) in [6, 6.07) is 0. The molecule has 0 radical (unpaired) electrons. The number of nitrogens with zero attached hydrogens (tertiary/aromatic N) is 3. The lowest BCUT2D eigenvalue weighted by molar-refractivity contribution is 0.0563. The third-order valence-electron chi connectivity index (χ3n) is 4.14. The van der Waals surface area contributed by atoms with Crippen molar-refractivity contribution in [1.29, 1.82) is 0 Å². The van der Waals surface area contributed by atoms with Crippen LogP contribution >= 0.6 is 0 Å². The van der Waals surface area contributed by atoms with E-state index < -0.39 is 6.35 Å². The van der Waals surface area contributed by atoms with Crippen molar-refractivity contribution < 1.29 is 5.11 Å². The molecule has 0 aliphatic carbocycles. The molecule has 4 nitrogen and oxygen atoms in total. The highest BCUT2D eigenvalue weighted by molar-refractivity contribution is 5.98. The fourth-order valence-electron chi connectivity index (χ4n) is 2.74. The number of unbranched alkanes of at least 4 members (excludes halogenated alkanes) is 6. The molecule has 0 bridgehead atoms. The molecule has 1 unspecified atom stereocenters. The minimum Gasteiger partial charge on any atom is -0.355 e. The first kappa shape index (κ1) is 19.1. The predicted octanol–water partition coefficient (Wildman–Crippen LogP) is 4.73. The van der Waals surface area contributed by atoms with Crippen molar-refractivity contribution in [3.05, 3.63) is 0 Å². The Bertz CT molecular complexity index is 352. The fourth-order valence-corrected chi connectivity index (χ4v) is 2.74. The van der Waals surface area contributed by atoms with Crippen molar-refractivity contribution in [3.8, 4) is 0 Å². The standard InChI is InChI=1S/C18H35N3O/c1-4-7-10-13-16-19-17(14-11-8-5-2)21(18(22)20-16)15-12-9-6-3/h18,22H,4-15H2,1-3H3. The van der Waals surface area contributed by atoms with Crippen LogP contribution in [0.3, 0.4) is 0 Å². The van der Waals surface area contributed by atoms with Crippen molar-refractivity contribution in [2.45, 2.75) is 97.8 Å². The Balaban J connectivity index is 2.65. The van der Waals surface area contributed by atoms with Gasteiger partial charge < -0.3 is 10.0 Å². The first-order valence-electron chi connectivity index (χ1n) is 9.31. The van der Waals surface area contributed by atoms with Crippen LogP contribution in [0.1, 0.15) is 91.4 Å². The largest absolute Gasteiger partial charge is 0.355 e. The van der Waals surface area contributed by atoms with Crippen molar-refractivity contribution in [2.75, 3.05) is 6.54 Å². The molecule has 1 rings (SSSR count). The zero-order valence-corrected chi connectivity index (χ0v) is 14.9. The average Bonchev–Trinajstić information content (AvgIpc) is 2.50. The Morgan fingerprint density at radius 1 is 0.864 bits per heavy atom. The van der Waals surface area contributed by atoms with Gasteiger partial charge in [0, 0.05) is 19.4 Å². The van der Waals surface area contributed by atoms with Gasteiger partial charge in [-0.3, -0.25) is 0 Å². The summed E-state index contributed by atoms with van der Waals surface area (Å²) in [6.45, 7) is 7.49. The molecule has 1 aliphatic heterocycles. The molecule has 22 heavy (non-hydrogen) atoms. The summed E-state index contributed by atoms with van der Waals surface area (Å²) in [5.41, 5.74) is 0. The number of aliphatic hydroxyl groups is 1. The molecular weight excluding hydrogens is 274 g/mol. The van der Waals surface area contributed by atoms with Gasteiger partial charge in [-0.05, 0) is 19.3 Å². The normalized spacial score (nSPS) is 18.4. The lowest BCUT2D eigenvalue weighted by Crippen LogP contribution is -2.43. The summed E-state index contributed by atoms with van der Waals surface area (Å²) in [6.07, 6.45) is 11.7. The van der Waals surface area contributed by atoms with E-state index >= 15 is 0 Å². The van der Waals surface area contributed by atoms with Gasteiger partial charge >= 0.3 is 0 Å². The molecule has 0 aromatic rings. The number of amidine groups is 2. The van der Waals surface area contributed by atoms with Crippen molar-refractivity contribution in [1.82, 2.24) is 4.90 Å². The smallest absolute Gasteiger partial charge is 0.228 e. The van der Waals surface area contributed by atoms with Crippen LogP contribution in [0.4, 0.5) is 0 Å². The van der Waals surface area contributed by atoms with Crippen LogP contribution in [-0.4, -0.2) is 34.6 Å². The molecule has 0 saturated carbocycles. The highest BCUT2D eigenvalue weighted by Gasteiger charge is 2.23. The molecule has 4 heteroatoms. The van der Waals surface area contributed by atoms with E-state index in [1.165, 1.54) is 38.5 Å². The first-order chi connectivity index (χ1) is 10.7. The second-order valence-corrected chi connectivity index (χ2v) is 6.23. The molecule has 0 amide bonds. The van der Waals surface area contributed by atoms with Gasteiger partial charge in [0.25, 0.3) is 0 Å². The van der Waals surface area contributed by atoms with E-state index in [-0.39, 0.29) is 0 Å². The average molecular weight is 309 g/mol. The summed E-state index contributed by atoms with van der Waals surface area (Å²) < 4.78 is 0. The predicted molar refractivity (Wildman–Crippen MR) is 95.4 cm³/mol. The van der Waals surface area contributed by atoms with Crippen LogP contribution < -0.4 is 0 Å². The van der Waals surface area contributed by atoms with Crippen LogP contribution in [0.2, 0.25) is 0 Å². The van der Waals surface area contributed by atoms with Gasteiger partial charge in [0.1, 0.15) is 11.7 Å². The zero-order valence-electron chi connectivity index (χ0n) is 14.9. The minimum absolute atomic E-state index is 0.720. The number of hydrogen-bond donors (Lipinski definition) is 1. The Morgan fingerprint density at radius 3 is 2.09 bits per heavy atom. The van der Waals surface area contributed by atoms with Gasteiger partial charge in [0.15, 0.2) is 0 Å². The van der Waals surface area contributed by atoms with Crippen LogP contribution in [0.5, 0.6) is 0 Å². The minimum atomic E-state index is -0.720. The van der Waals surface area contributed by atoms with Gasteiger partial charge in [0.05, 0.1) is 0 Å². The summed E-state index contributed by atoms with van der Waals surface area (Å²) in [7, 11) is 0. The van der Waals surface area contributed by atoms with Gasteiger partial charge in [-0.25, -0.2) is 9.98 Å². The summed E-state index contributed by atoms with van der Waals surface area (Å²) in [4.78, 5) is 11.2. The van der Waals surface area contributed by atoms with Crippen molar-refractivity contribution >= 4 is 11.7 Å². The Labute approximate surface area is 136 Å². The third kappa shape index (κ3) is 6.91. The lowest BCUT2D eigenvalue weighted by atomic mass is 10.1. The molecule has 0 aromatic carbocycles. The van der Waals surface area contributed by atoms with Crippen LogP contribution in [0.25, 0.3) is 0 Å². The zero-order chi connectivity index (χ0) is 16.2. The summed E-state index contributed by atoms with van der Waals surface area (Å²) in [5.74, 6) is 1.90. The maximum atomic E-state index is 10.4. The highest BCUT2D eigenvalue weighted by atomic mass is 16.3. The van der Waals surface area contributed by atoms with Gasteiger partial charge in [0.2, 0.25) is 6.35 Å². The maximum absolute atomic E-state index is 10.4. The number of hydrogen-bond acceptors (Lipinski definition) is 4. The van der Waals surface area contributed by atoms with Crippen molar-refractivity contribution in [2.24, 2.45) is 9.98 Å². The van der Waals surface area contributed by atoms with Crippen LogP contribution in [0, 0.1) is 0 Å². The molecule has 1 atom stereocenters. The Morgan fingerprint density at radius 2 is 1.45 bits per heavy atom. The van der Waals surface area contributed by atoms with E-state index in [9.17, 15) is 5.11 Å². The van der Waals surface area contributed by atoms with E-state index in [1.807, 2.05) is 4.90 Å². The van der Waals surface area contributed by atoms with Gasteiger partial charge in [-0.15, -0.1) is 0 Å². The molecule has 128 valence electrons. The van der Waals surface area contributed by atoms with Crippen LogP contribution in [-0.2, 0) is 0 Å². The van der Waals surface area contributed by atoms with Crippen molar-refractivity contribution in [3.63, 3.8) is 0 Å². The number of aliphatic imine (C=N–C) groups is 2. The Kier molecular flexibility index (Phi) is 10.1. The molecular formula is C18H35N3O. The van der Waals surface area contributed by atoms with Gasteiger partial charge in [-0.1, -0.05) is 59.3 Å². The van der Waals surface area contributed by atoms with Gasteiger partial charge in [-0.2, -0.15) is 0 Å². The first-order valence-corrected chi connectivity index (χ1v) is 9.31. The highest BCUT2D eigenvalue weighted by Crippen LogP contribution is 2.17. The summed E-state index contributed by atoms with van der Waals surface area (Å²) in [5, 5.41) is 10.4. The summed E-state index contributed by atoms with van der Waals surface area (Å²) >= 11 is 0. The van der Waals surface area contributed by atoms with E-state index in [0.717, 1.165) is 50.3 Å². The molecule has 0 saturated heterocycles. The topological polar surface area (TPSA) is 48.2 Å². The van der Waals surface area contributed by atoms with Crippen LogP contribution in [0.15, 0.2) is 9.98 Å². The molecule has 0 aromatic heterocycles. The fraction of sp³-hybridized carbons (Fsp3) is 0.889. The molecule has 0 spiro atoms. The Hall–Kier alpha value is -0.900. The molecule has 1 N–H and O–H groups in total. The monoisotopic (exact) mass is 309 g/mol. The maximum Gasteiger partial charge on any atom is 0.228 e. The van der Waals surface area contributed by atoms with E-state index in [0.29, 0.717) is 0 Å². The second kappa shape index (κ2) is 11.6. The molecule has 0 fully saturated rings. The number of rotatable bonds is 12. The SMILES string of the molecule is CCCCCC1=NC(O)N(CCCCC)C(CCCCC)=N1. The number of aliphatic hydroxyl groups excluding tert-OH is 1. The third-order valence-corrected chi connectivity index (χ3v) is 4.14. The van der Waals surface area contributed by atoms with E-state index in [1.54, 1.807) is 0 Å². The lowest BCUT2D eigenvalue weighted by Gasteiger charge is -2.32. The van der Waals surface area contributed by atoms with E-state index in [4.69, 9.17) is 4.99 Å². The quantitative estimate of drug-likeness (QED) is 0.530. The molecule has 1 aliphatic rings. The second-order valence-electron chi connectivity index (χ2n) is 6.23. The molecule has 1 heterocycles. The van der Waals surface area contributed by atoms with E-state index in [2.05, 4.69) is 25.8 Å².